The van der Waals surface area contributed by atoms with E-state index in [-0.39, 0.29) is 19.5 Å². The highest BCUT2D eigenvalue weighted by Gasteiger charge is 2.05. The molecule has 4 heteroatoms. The highest BCUT2D eigenvalue weighted by Crippen LogP contribution is 2.15. The first-order valence-corrected chi connectivity index (χ1v) is 4.94. The number of ether oxygens (including phenoxy) is 2. The van der Waals surface area contributed by atoms with Gasteiger partial charge in [-0.05, 0) is 18.6 Å². The quantitative estimate of drug-likeness (QED) is 0.720. The number of hydrogen-bond acceptors (Lipinski definition) is 4. The minimum atomic E-state index is -0.0272. The Balaban J connectivity index is 2.54. The summed E-state index contributed by atoms with van der Waals surface area (Å²) in [6.07, 6.45) is 2.33. The summed E-state index contributed by atoms with van der Waals surface area (Å²) >= 11 is 0. The lowest BCUT2D eigenvalue weighted by atomic mass is 10.1. The van der Waals surface area contributed by atoms with Crippen LogP contribution < -0.4 is 0 Å². The molecule has 1 heterocycles. The lowest BCUT2D eigenvalue weighted by Gasteiger charge is -2.12. The van der Waals surface area contributed by atoms with Crippen LogP contribution in [0.3, 0.4) is 0 Å². The summed E-state index contributed by atoms with van der Waals surface area (Å²) < 4.78 is 10.2. The fourth-order valence-corrected chi connectivity index (χ4v) is 1.21. The standard InChI is InChI=1S/C11H17NO3/c1-9(15-8-14-2)10-3-4-11(5-6-13)12-7-10/h3-4,7,9,13H,5-6,8H2,1-2H3. The Hall–Kier alpha value is -0.970. The second-order valence-corrected chi connectivity index (χ2v) is 3.27. The fraction of sp³-hybridized carbons (Fsp3) is 0.545. The summed E-state index contributed by atoms with van der Waals surface area (Å²) in [6, 6.07) is 3.86. The van der Waals surface area contributed by atoms with Crippen molar-refractivity contribution in [1.29, 1.82) is 0 Å². The van der Waals surface area contributed by atoms with Gasteiger partial charge in [-0.1, -0.05) is 6.07 Å². The van der Waals surface area contributed by atoms with E-state index in [0.717, 1.165) is 11.3 Å². The molecule has 4 nitrogen and oxygen atoms in total. The average molecular weight is 211 g/mol. The zero-order valence-corrected chi connectivity index (χ0v) is 9.14. The summed E-state index contributed by atoms with van der Waals surface area (Å²) in [5.74, 6) is 0. The van der Waals surface area contributed by atoms with Crippen molar-refractivity contribution in [3.8, 4) is 0 Å². The highest BCUT2D eigenvalue weighted by molar-refractivity contribution is 5.16. The number of aliphatic hydroxyl groups is 1. The molecular formula is C11H17NO3. The van der Waals surface area contributed by atoms with E-state index in [4.69, 9.17) is 14.6 Å². The minimum Gasteiger partial charge on any atom is -0.396 e. The molecule has 84 valence electrons. The van der Waals surface area contributed by atoms with E-state index in [1.54, 1.807) is 13.3 Å². The molecule has 0 spiro atoms. The van der Waals surface area contributed by atoms with Crippen LogP contribution in [0.25, 0.3) is 0 Å². The Bertz CT molecular complexity index is 274. The van der Waals surface area contributed by atoms with Gasteiger partial charge in [0.15, 0.2) is 0 Å². The minimum absolute atomic E-state index is 0.0272. The Morgan fingerprint density at radius 1 is 1.47 bits per heavy atom. The molecule has 0 fully saturated rings. The van der Waals surface area contributed by atoms with E-state index < -0.39 is 0 Å². The van der Waals surface area contributed by atoms with Crippen molar-refractivity contribution >= 4 is 0 Å². The third kappa shape index (κ3) is 3.95. The van der Waals surface area contributed by atoms with Crippen LogP contribution in [-0.2, 0) is 15.9 Å². The molecule has 1 atom stereocenters. The van der Waals surface area contributed by atoms with Crippen LogP contribution >= 0.6 is 0 Å². The van der Waals surface area contributed by atoms with E-state index in [2.05, 4.69) is 4.98 Å². The molecule has 0 saturated heterocycles. The Morgan fingerprint density at radius 3 is 2.80 bits per heavy atom. The van der Waals surface area contributed by atoms with Gasteiger partial charge in [-0.3, -0.25) is 4.98 Å². The predicted octanol–water partition coefficient (Wildman–Crippen LogP) is 1.30. The molecule has 0 aromatic carbocycles. The zero-order chi connectivity index (χ0) is 11.1. The van der Waals surface area contributed by atoms with Crippen LogP contribution in [-0.4, -0.2) is 30.6 Å². The van der Waals surface area contributed by atoms with Crippen LogP contribution in [0.1, 0.15) is 24.3 Å². The maximum atomic E-state index is 8.73. The largest absolute Gasteiger partial charge is 0.396 e. The molecule has 0 bridgehead atoms. The molecule has 1 unspecified atom stereocenters. The van der Waals surface area contributed by atoms with Crippen LogP contribution in [0.15, 0.2) is 18.3 Å². The number of pyridine rings is 1. The Kier molecular flexibility index (Phi) is 5.25. The molecule has 0 amide bonds. The molecule has 1 aromatic rings. The first kappa shape index (κ1) is 12.1. The number of methoxy groups -OCH3 is 1. The van der Waals surface area contributed by atoms with Crippen molar-refractivity contribution in [2.24, 2.45) is 0 Å². The Morgan fingerprint density at radius 2 is 2.27 bits per heavy atom. The molecule has 0 radical (unpaired) electrons. The molecule has 0 aliphatic rings. The average Bonchev–Trinajstić information content (AvgIpc) is 2.27. The van der Waals surface area contributed by atoms with E-state index in [1.165, 1.54) is 0 Å². The summed E-state index contributed by atoms with van der Waals surface area (Å²) in [5.41, 5.74) is 1.90. The first-order chi connectivity index (χ1) is 7.27. The molecule has 0 aliphatic carbocycles. The van der Waals surface area contributed by atoms with Crippen molar-refractivity contribution in [2.75, 3.05) is 20.5 Å². The van der Waals surface area contributed by atoms with Crippen LogP contribution in [0, 0.1) is 0 Å². The maximum Gasteiger partial charge on any atom is 0.147 e. The number of hydrogen-bond donors (Lipinski definition) is 1. The van der Waals surface area contributed by atoms with Crippen molar-refractivity contribution in [2.45, 2.75) is 19.4 Å². The number of aliphatic hydroxyl groups excluding tert-OH is 1. The third-order valence-corrected chi connectivity index (χ3v) is 2.12. The van der Waals surface area contributed by atoms with Crippen LogP contribution in [0.2, 0.25) is 0 Å². The monoisotopic (exact) mass is 211 g/mol. The lowest BCUT2D eigenvalue weighted by Crippen LogP contribution is -2.04. The molecule has 0 aliphatic heterocycles. The lowest BCUT2D eigenvalue weighted by molar-refractivity contribution is -0.0667. The van der Waals surface area contributed by atoms with E-state index in [0.29, 0.717) is 6.42 Å². The number of aromatic nitrogens is 1. The van der Waals surface area contributed by atoms with Gasteiger partial charge in [-0.2, -0.15) is 0 Å². The van der Waals surface area contributed by atoms with Gasteiger partial charge in [0.1, 0.15) is 6.79 Å². The van der Waals surface area contributed by atoms with E-state index >= 15 is 0 Å². The second kappa shape index (κ2) is 6.50. The molecule has 1 rings (SSSR count). The van der Waals surface area contributed by atoms with Gasteiger partial charge in [0.2, 0.25) is 0 Å². The van der Waals surface area contributed by atoms with Gasteiger partial charge < -0.3 is 14.6 Å². The molecular weight excluding hydrogens is 194 g/mol. The van der Waals surface area contributed by atoms with Gasteiger partial charge in [0, 0.05) is 32.0 Å². The summed E-state index contributed by atoms with van der Waals surface area (Å²) in [7, 11) is 1.59. The van der Waals surface area contributed by atoms with Crippen LogP contribution in [0.5, 0.6) is 0 Å². The third-order valence-electron chi connectivity index (χ3n) is 2.12. The van der Waals surface area contributed by atoms with Gasteiger partial charge in [0.05, 0.1) is 6.10 Å². The normalized spacial score (nSPS) is 12.7. The van der Waals surface area contributed by atoms with Gasteiger partial charge in [-0.25, -0.2) is 0 Å². The molecule has 0 saturated carbocycles. The SMILES string of the molecule is COCOC(C)c1ccc(CCO)nc1. The number of rotatable bonds is 6. The summed E-state index contributed by atoms with van der Waals surface area (Å²) in [4.78, 5) is 4.22. The smallest absolute Gasteiger partial charge is 0.147 e. The zero-order valence-electron chi connectivity index (χ0n) is 9.14. The van der Waals surface area contributed by atoms with Crippen LogP contribution in [0.4, 0.5) is 0 Å². The van der Waals surface area contributed by atoms with E-state index in [1.807, 2.05) is 19.1 Å². The topological polar surface area (TPSA) is 51.6 Å². The molecule has 15 heavy (non-hydrogen) atoms. The first-order valence-electron chi connectivity index (χ1n) is 4.94. The van der Waals surface area contributed by atoms with Crippen molar-refractivity contribution in [1.82, 2.24) is 4.98 Å². The summed E-state index contributed by atoms with van der Waals surface area (Å²) in [5, 5.41) is 8.73. The van der Waals surface area contributed by atoms with E-state index in [9.17, 15) is 0 Å². The van der Waals surface area contributed by atoms with Gasteiger partial charge >= 0.3 is 0 Å². The Labute approximate surface area is 89.9 Å². The summed E-state index contributed by atoms with van der Waals surface area (Å²) in [6.45, 7) is 2.35. The molecule has 1 N–H and O–H groups in total. The maximum absolute atomic E-state index is 8.73. The predicted molar refractivity (Wildman–Crippen MR) is 56.4 cm³/mol. The van der Waals surface area contributed by atoms with Gasteiger partial charge in [0.25, 0.3) is 0 Å². The fourth-order valence-electron chi connectivity index (χ4n) is 1.21. The number of nitrogens with zero attached hydrogens (tertiary/aromatic N) is 1. The van der Waals surface area contributed by atoms with Crippen molar-refractivity contribution in [3.63, 3.8) is 0 Å². The van der Waals surface area contributed by atoms with Crippen molar-refractivity contribution in [3.05, 3.63) is 29.6 Å². The second-order valence-electron chi connectivity index (χ2n) is 3.27. The van der Waals surface area contributed by atoms with Gasteiger partial charge in [-0.15, -0.1) is 0 Å². The highest BCUT2D eigenvalue weighted by atomic mass is 16.7. The molecule has 1 aromatic heterocycles. The van der Waals surface area contributed by atoms with Crippen molar-refractivity contribution < 1.29 is 14.6 Å².